The molecule has 2 N–H and O–H groups in total. The number of aliphatic hydroxyl groups is 1. The van der Waals surface area contributed by atoms with Crippen molar-refractivity contribution < 1.29 is 5.11 Å². The first-order chi connectivity index (χ1) is 4.81. The lowest BCUT2D eigenvalue weighted by Gasteiger charge is -2.06. The summed E-state index contributed by atoms with van der Waals surface area (Å²) in [7, 11) is 0. The van der Waals surface area contributed by atoms with Crippen LogP contribution in [0.2, 0.25) is 0 Å². The van der Waals surface area contributed by atoms with Gasteiger partial charge in [-0.1, -0.05) is 13.8 Å². The van der Waals surface area contributed by atoms with Gasteiger partial charge in [-0.3, -0.25) is 0 Å². The van der Waals surface area contributed by atoms with Crippen LogP contribution in [0.1, 0.15) is 13.8 Å². The molecule has 2 nitrogen and oxygen atoms in total. The molecule has 0 saturated carbocycles. The molecule has 1 atom stereocenters. The SMILES string of the molecule is CCNCCSC(C)CO. The van der Waals surface area contributed by atoms with E-state index < -0.39 is 0 Å². The van der Waals surface area contributed by atoms with Crippen LogP contribution in [0.3, 0.4) is 0 Å². The van der Waals surface area contributed by atoms with E-state index in [1.54, 1.807) is 11.8 Å². The van der Waals surface area contributed by atoms with E-state index in [2.05, 4.69) is 12.2 Å². The highest BCUT2D eigenvalue weighted by atomic mass is 32.2. The number of thioether (sulfide) groups is 1. The zero-order valence-corrected chi connectivity index (χ0v) is 7.58. The first-order valence-corrected chi connectivity index (χ1v) is 4.79. The van der Waals surface area contributed by atoms with Crippen molar-refractivity contribution in [1.29, 1.82) is 0 Å². The third-order valence-electron chi connectivity index (χ3n) is 1.19. The zero-order valence-electron chi connectivity index (χ0n) is 6.76. The maximum Gasteiger partial charge on any atom is 0.0547 e. The number of hydrogen-bond acceptors (Lipinski definition) is 3. The molecule has 3 heteroatoms. The quantitative estimate of drug-likeness (QED) is 0.566. The van der Waals surface area contributed by atoms with E-state index in [-0.39, 0.29) is 6.61 Å². The summed E-state index contributed by atoms with van der Waals surface area (Å²) >= 11 is 1.80. The van der Waals surface area contributed by atoms with E-state index >= 15 is 0 Å². The average Bonchev–Trinajstić information content (AvgIpc) is 1.98. The Labute approximate surface area is 67.4 Å². The van der Waals surface area contributed by atoms with Crippen molar-refractivity contribution in [2.45, 2.75) is 19.1 Å². The minimum atomic E-state index is 0.288. The third-order valence-corrected chi connectivity index (χ3v) is 2.35. The largest absolute Gasteiger partial charge is 0.395 e. The number of aliphatic hydroxyl groups excluding tert-OH is 1. The van der Waals surface area contributed by atoms with Gasteiger partial charge in [0.2, 0.25) is 0 Å². The van der Waals surface area contributed by atoms with Gasteiger partial charge in [0.1, 0.15) is 0 Å². The molecule has 10 heavy (non-hydrogen) atoms. The van der Waals surface area contributed by atoms with Crippen molar-refractivity contribution in [2.75, 3.05) is 25.4 Å². The Bertz CT molecular complexity index is 70.6. The number of nitrogens with one attached hydrogen (secondary N) is 1. The van der Waals surface area contributed by atoms with Crippen molar-refractivity contribution in [1.82, 2.24) is 5.32 Å². The van der Waals surface area contributed by atoms with Gasteiger partial charge < -0.3 is 10.4 Å². The Morgan fingerprint density at radius 2 is 2.30 bits per heavy atom. The summed E-state index contributed by atoms with van der Waals surface area (Å²) < 4.78 is 0. The Hall–Kier alpha value is 0.270. The van der Waals surface area contributed by atoms with Crippen molar-refractivity contribution in [2.24, 2.45) is 0 Å². The van der Waals surface area contributed by atoms with Crippen molar-refractivity contribution in [3.63, 3.8) is 0 Å². The molecule has 0 rings (SSSR count). The van der Waals surface area contributed by atoms with Gasteiger partial charge >= 0.3 is 0 Å². The molecule has 62 valence electrons. The first kappa shape index (κ1) is 10.3. The second-order valence-corrected chi connectivity index (χ2v) is 3.76. The molecule has 0 aliphatic rings. The molecule has 1 unspecified atom stereocenters. The van der Waals surface area contributed by atoms with Crippen LogP contribution >= 0.6 is 11.8 Å². The fourth-order valence-electron chi connectivity index (χ4n) is 0.562. The minimum absolute atomic E-state index is 0.288. The lowest BCUT2D eigenvalue weighted by Crippen LogP contribution is -2.17. The van der Waals surface area contributed by atoms with E-state index in [1.807, 2.05) is 6.92 Å². The molecule has 0 heterocycles. The molecule has 0 aliphatic carbocycles. The van der Waals surface area contributed by atoms with Gasteiger partial charge in [0.25, 0.3) is 0 Å². The molecule has 0 spiro atoms. The van der Waals surface area contributed by atoms with Crippen molar-refractivity contribution >= 4 is 11.8 Å². The van der Waals surface area contributed by atoms with E-state index in [1.165, 1.54) is 0 Å². The van der Waals surface area contributed by atoms with Crippen LogP contribution in [-0.2, 0) is 0 Å². The summed E-state index contributed by atoms with van der Waals surface area (Å²) in [6.45, 7) is 6.51. The molecular weight excluding hydrogens is 146 g/mol. The molecule has 0 aromatic carbocycles. The van der Waals surface area contributed by atoms with E-state index in [4.69, 9.17) is 5.11 Å². The van der Waals surface area contributed by atoms with Gasteiger partial charge in [0.05, 0.1) is 6.61 Å². The third kappa shape index (κ3) is 6.39. The average molecular weight is 163 g/mol. The number of hydrogen-bond donors (Lipinski definition) is 2. The predicted octanol–water partition coefficient (Wildman–Crippen LogP) is 0.710. The van der Waals surface area contributed by atoms with Gasteiger partial charge in [-0.2, -0.15) is 11.8 Å². The van der Waals surface area contributed by atoms with Gasteiger partial charge in [-0.05, 0) is 6.54 Å². The second kappa shape index (κ2) is 7.38. The van der Waals surface area contributed by atoms with E-state index in [0.29, 0.717) is 5.25 Å². The van der Waals surface area contributed by atoms with E-state index in [9.17, 15) is 0 Å². The molecule has 0 aliphatic heterocycles. The molecule has 0 fully saturated rings. The molecule has 0 bridgehead atoms. The van der Waals surface area contributed by atoms with Crippen LogP contribution in [0.15, 0.2) is 0 Å². The summed E-state index contributed by atoms with van der Waals surface area (Å²) in [5.74, 6) is 1.09. The Morgan fingerprint density at radius 1 is 1.60 bits per heavy atom. The maximum atomic E-state index is 8.65. The van der Waals surface area contributed by atoms with Crippen LogP contribution in [0.5, 0.6) is 0 Å². The smallest absolute Gasteiger partial charge is 0.0547 e. The molecule has 0 saturated heterocycles. The Morgan fingerprint density at radius 3 is 2.80 bits per heavy atom. The normalized spacial score (nSPS) is 13.5. The maximum absolute atomic E-state index is 8.65. The lowest BCUT2D eigenvalue weighted by molar-refractivity contribution is 0.300. The topological polar surface area (TPSA) is 32.3 Å². The Kier molecular flexibility index (Phi) is 7.58. The monoisotopic (exact) mass is 163 g/mol. The second-order valence-electron chi connectivity index (χ2n) is 2.22. The highest BCUT2D eigenvalue weighted by molar-refractivity contribution is 7.99. The first-order valence-electron chi connectivity index (χ1n) is 3.74. The highest BCUT2D eigenvalue weighted by Gasteiger charge is 1.97. The van der Waals surface area contributed by atoms with Crippen molar-refractivity contribution in [3.05, 3.63) is 0 Å². The minimum Gasteiger partial charge on any atom is -0.395 e. The number of rotatable bonds is 6. The summed E-state index contributed by atoms with van der Waals surface area (Å²) in [5.41, 5.74) is 0. The fourth-order valence-corrected chi connectivity index (χ4v) is 1.33. The molecule has 0 aromatic heterocycles. The van der Waals surface area contributed by atoms with Crippen LogP contribution in [-0.4, -0.2) is 35.8 Å². The summed E-state index contributed by atoms with van der Waals surface area (Å²) in [4.78, 5) is 0. The van der Waals surface area contributed by atoms with Gasteiger partial charge in [0.15, 0.2) is 0 Å². The lowest BCUT2D eigenvalue weighted by atomic mass is 10.5. The summed E-state index contributed by atoms with van der Waals surface area (Å²) in [5, 5.41) is 12.3. The standard InChI is InChI=1S/C7H17NOS/c1-3-8-4-5-10-7(2)6-9/h7-9H,3-6H2,1-2H3. The van der Waals surface area contributed by atoms with E-state index in [0.717, 1.165) is 18.8 Å². The predicted molar refractivity (Wildman–Crippen MR) is 47.5 cm³/mol. The zero-order chi connectivity index (χ0) is 7.82. The van der Waals surface area contributed by atoms with Gasteiger partial charge in [-0.25, -0.2) is 0 Å². The molecular formula is C7H17NOS. The highest BCUT2D eigenvalue weighted by Crippen LogP contribution is 2.07. The van der Waals surface area contributed by atoms with Crippen LogP contribution in [0.4, 0.5) is 0 Å². The Balaban J connectivity index is 2.89. The summed E-state index contributed by atoms with van der Waals surface area (Å²) in [6.07, 6.45) is 0. The molecule has 0 radical (unpaired) electrons. The van der Waals surface area contributed by atoms with Gasteiger partial charge in [0, 0.05) is 17.5 Å². The van der Waals surface area contributed by atoms with Crippen LogP contribution in [0.25, 0.3) is 0 Å². The molecule has 0 aromatic rings. The van der Waals surface area contributed by atoms with Crippen LogP contribution < -0.4 is 5.32 Å². The van der Waals surface area contributed by atoms with Gasteiger partial charge in [-0.15, -0.1) is 0 Å². The summed E-state index contributed by atoms with van der Waals surface area (Å²) in [6, 6.07) is 0. The van der Waals surface area contributed by atoms with Crippen molar-refractivity contribution in [3.8, 4) is 0 Å². The molecule has 0 amide bonds. The van der Waals surface area contributed by atoms with Crippen LogP contribution in [0, 0.1) is 0 Å². The fraction of sp³-hybridized carbons (Fsp3) is 1.00.